The molecule has 2 aromatic rings. The molecular weight excluding hydrogens is 347 g/mol. The molecule has 1 atom stereocenters. The first-order valence-corrected chi connectivity index (χ1v) is 7.69. The van der Waals surface area contributed by atoms with E-state index < -0.39 is 0 Å². The number of hydrogen-bond acceptors (Lipinski definition) is 1. The van der Waals surface area contributed by atoms with Gasteiger partial charge in [0.2, 0.25) is 0 Å². The number of rotatable bonds is 5. The maximum absolute atomic E-state index is 10.1. The fourth-order valence-electron chi connectivity index (χ4n) is 2.08. The summed E-state index contributed by atoms with van der Waals surface area (Å²) in [5, 5.41) is 10.1. The minimum atomic E-state index is -0.263. The molecule has 1 N–H and O–H groups in total. The van der Waals surface area contributed by atoms with Crippen molar-refractivity contribution in [3.63, 3.8) is 0 Å². The molecular formula is C17H19IO. The molecule has 1 nitrogen and oxygen atoms in total. The number of aryl methyl sites for hydroxylation is 2. The summed E-state index contributed by atoms with van der Waals surface area (Å²) in [4.78, 5) is 0. The minimum Gasteiger partial charge on any atom is -0.393 e. The molecule has 2 aromatic carbocycles. The number of halogens is 1. The standard InChI is InChI=1S/C17H19IO/c1-13-2-4-14(5-3-13)8-11-17(19)12-15-6-9-16(18)10-7-15/h2-7,9-10,17,19H,8,11-12H2,1H3. The summed E-state index contributed by atoms with van der Waals surface area (Å²) in [6.45, 7) is 2.09. The Morgan fingerprint density at radius 3 is 2.16 bits per heavy atom. The first-order chi connectivity index (χ1) is 9.13. The molecule has 1 unspecified atom stereocenters. The molecule has 0 fully saturated rings. The molecule has 0 radical (unpaired) electrons. The van der Waals surface area contributed by atoms with Crippen LogP contribution in [0.3, 0.4) is 0 Å². The molecule has 0 aliphatic rings. The van der Waals surface area contributed by atoms with Crippen LogP contribution in [0.5, 0.6) is 0 Å². The highest BCUT2D eigenvalue weighted by Crippen LogP contribution is 2.12. The maximum Gasteiger partial charge on any atom is 0.0583 e. The molecule has 2 heteroatoms. The zero-order valence-corrected chi connectivity index (χ0v) is 13.3. The van der Waals surface area contributed by atoms with Gasteiger partial charge in [0.15, 0.2) is 0 Å². The molecule has 2 rings (SSSR count). The van der Waals surface area contributed by atoms with E-state index in [0.717, 1.165) is 19.3 Å². The summed E-state index contributed by atoms with van der Waals surface area (Å²) < 4.78 is 1.23. The van der Waals surface area contributed by atoms with E-state index in [9.17, 15) is 5.11 Å². The maximum atomic E-state index is 10.1. The van der Waals surface area contributed by atoms with Crippen LogP contribution in [0.1, 0.15) is 23.1 Å². The van der Waals surface area contributed by atoms with E-state index in [0.29, 0.717) is 0 Å². The van der Waals surface area contributed by atoms with Gasteiger partial charge in [0.25, 0.3) is 0 Å². The van der Waals surface area contributed by atoms with Crippen LogP contribution in [0.15, 0.2) is 48.5 Å². The number of aliphatic hydroxyl groups is 1. The average molecular weight is 366 g/mol. The van der Waals surface area contributed by atoms with Gasteiger partial charge in [0, 0.05) is 3.57 Å². The second-order valence-corrected chi connectivity index (χ2v) is 6.25. The largest absolute Gasteiger partial charge is 0.393 e. The Bertz CT molecular complexity index is 502. The van der Waals surface area contributed by atoms with Crippen LogP contribution in [0.4, 0.5) is 0 Å². The first kappa shape index (κ1) is 14.5. The van der Waals surface area contributed by atoms with Crippen LogP contribution in [0.2, 0.25) is 0 Å². The summed E-state index contributed by atoms with van der Waals surface area (Å²) in [7, 11) is 0. The van der Waals surface area contributed by atoms with E-state index in [-0.39, 0.29) is 6.10 Å². The third-order valence-electron chi connectivity index (χ3n) is 3.27. The summed E-state index contributed by atoms with van der Waals surface area (Å²) in [6, 6.07) is 16.9. The smallest absolute Gasteiger partial charge is 0.0583 e. The van der Waals surface area contributed by atoms with Gasteiger partial charge in [-0.05, 0) is 72.0 Å². The Hall–Kier alpha value is -0.870. The van der Waals surface area contributed by atoms with Gasteiger partial charge in [-0.2, -0.15) is 0 Å². The second kappa shape index (κ2) is 7.06. The summed E-state index contributed by atoms with van der Waals surface area (Å²) in [5.41, 5.74) is 3.78. The van der Waals surface area contributed by atoms with Gasteiger partial charge < -0.3 is 5.11 Å². The fraction of sp³-hybridized carbons (Fsp3) is 0.294. The topological polar surface area (TPSA) is 20.2 Å². The lowest BCUT2D eigenvalue weighted by Gasteiger charge is -2.11. The molecule has 0 aromatic heterocycles. The van der Waals surface area contributed by atoms with E-state index in [1.165, 1.54) is 20.3 Å². The van der Waals surface area contributed by atoms with Crippen molar-refractivity contribution >= 4 is 22.6 Å². The lowest BCUT2D eigenvalue weighted by Crippen LogP contribution is -2.11. The minimum absolute atomic E-state index is 0.263. The van der Waals surface area contributed by atoms with Gasteiger partial charge in [-0.3, -0.25) is 0 Å². The molecule has 0 aliphatic carbocycles. The van der Waals surface area contributed by atoms with Gasteiger partial charge in [0.1, 0.15) is 0 Å². The molecule has 0 saturated heterocycles. The lowest BCUT2D eigenvalue weighted by molar-refractivity contribution is 0.165. The van der Waals surface area contributed by atoms with Crippen molar-refractivity contribution < 1.29 is 5.11 Å². The van der Waals surface area contributed by atoms with Crippen molar-refractivity contribution in [2.45, 2.75) is 32.3 Å². The molecule has 0 spiro atoms. The van der Waals surface area contributed by atoms with E-state index in [4.69, 9.17) is 0 Å². The first-order valence-electron chi connectivity index (χ1n) is 6.61. The molecule has 0 bridgehead atoms. The van der Waals surface area contributed by atoms with Gasteiger partial charge in [-0.1, -0.05) is 42.0 Å². The highest BCUT2D eigenvalue weighted by Gasteiger charge is 2.06. The van der Waals surface area contributed by atoms with Crippen molar-refractivity contribution in [1.82, 2.24) is 0 Å². The van der Waals surface area contributed by atoms with E-state index in [2.05, 4.69) is 78.0 Å². The predicted molar refractivity (Wildman–Crippen MR) is 88.4 cm³/mol. The highest BCUT2D eigenvalue weighted by atomic mass is 127. The molecule has 100 valence electrons. The van der Waals surface area contributed by atoms with Gasteiger partial charge in [0.05, 0.1) is 6.10 Å². The van der Waals surface area contributed by atoms with Crippen molar-refractivity contribution in [3.8, 4) is 0 Å². The Morgan fingerprint density at radius 2 is 1.53 bits per heavy atom. The molecule has 0 amide bonds. The SMILES string of the molecule is Cc1ccc(CCC(O)Cc2ccc(I)cc2)cc1. The third-order valence-corrected chi connectivity index (χ3v) is 3.99. The van der Waals surface area contributed by atoms with E-state index in [1.54, 1.807) is 0 Å². The van der Waals surface area contributed by atoms with Crippen LogP contribution in [0.25, 0.3) is 0 Å². The monoisotopic (exact) mass is 366 g/mol. The normalized spacial score (nSPS) is 12.4. The van der Waals surface area contributed by atoms with Crippen LogP contribution in [0, 0.1) is 10.5 Å². The number of hydrogen-bond donors (Lipinski definition) is 1. The lowest BCUT2D eigenvalue weighted by atomic mass is 10.0. The second-order valence-electron chi connectivity index (χ2n) is 5.01. The van der Waals surface area contributed by atoms with Crippen LogP contribution in [-0.2, 0) is 12.8 Å². The fourth-order valence-corrected chi connectivity index (χ4v) is 2.44. The van der Waals surface area contributed by atoms with E-state index >= 15 is 0 Å². The Labute approximate surface area is 128 Å². The van der Waals surface area contributed by atoms with Crippen LogP contribution >= 0.6 is 22.6 Å². The Morgan fingerprint density at radius 1 is 0.947 bits per heavy atom. The molecule has 0 saturated carbocycles. The van der Waals surface area contributed by atoms with Crippen LogP contribution in [-0.4, -0.2) is 11.2 Å². The zero-order valence-electron chi connectivity index (χ0n) is 11.1. The van der Waals surface area contributed by atoms with E-state index in [1.807, 2.05) is 0 Å². The quantitative estimate of drug-likeness (QED) is 0.789. The van der Waals surface area contributed by atoms with Gasteiger partial charge in [-0.15, -0.1) is 0 Å². The Balaban J connectivity index is 1.82. The van der Waals surface area contributed by atoms with Crippen molar-refractivity contribution in [2.24, 2.45) is 0 Å². The number of aliphatic hydroxyl groups excluding tert-OH is 1. The molecule has 19 heavy (non-hydrogen) atoms. The highest BCUT2D eigenvalue weighted by molar-refractivity contribution is 14.1. The molecule has 0 heterocycles. The Kier molecular flexibility index (Phi) is 5.40. The van der Waals surface area contributed by atoms with Crippen molar-refractivity contribution in [3.05, 3.63) is 68.8 Å². The molecule has 0 aliphatic heterocycles. The summed E-state index contributed by atoms with van der Waals surface area (Å²) in [5.74, 6) is 0. The van der Waals surface area contributed by atoms with Crippen molar-refractivity contribution in [2.75, 3.05) is 0 Å². The van der Waals surface area contributed by atoms with Gasteiger partial charge >= 0.3 is 0 Å². The summed E-state index contributed by atoms with van der Waals surface area (Å²) >= 11 is 2.29. The van der Waals surface area contributed by atoms with Crippen LogP contribution < -0.4 is 0 Å². The average Bonchev–Trinajstić information content (AvgIpc) is 2.41. The number of benzene rings is 2. The zero-order chi connectivity index (χ0) is 13.7. The van der Waals surface area contributed by atoms with Gasteiger partial charge in [-0.25, -0.2) is 0 Å². The summed E-state index contributed by atoms with van der Waals surface area (Å²) in [6.07, 6.45) is 2.23. The predicted octanol–water partition coefficient (Wildman–Crippen LogP) is 4.14. The third kappa shape index (κ3) is 4.96. The van der Waals surface area contributed by atoms with Crippen molar-refractivity contribution in [1.29, 1.82) is 0 Å².